The fourth-order valence-corrected chi connectivity index (χ4v) is 2.69. The molecule has 3 N–H and O–H groups in total. The van der Waals surface area contributed by atoms with Gasteiger partial charge >= 0.3 is 0 Å². The van der Waals surface area contributed by atoms with E-state index in [-0.39, 0.29) is 23.4 Å². The van der Waals surface area contributed by atoms with E-state index in [2.05, 4.69) is 40.4 Å². The van der Waals surface area contributed by atoms with Crippen LogP contribution in [-0.4, -0.2) is 27.6 Å². The quantitative estimate of drug-likeness (QED) is 0.649. The van der Waals surface area contributed by atoms with Crippen molar-refractivity contribution in [1.82, 2.24) is 20.5 Å². The first-order chi connectivity index (χ1) is 12.4. The van der Waals surface area contributed by atoms with Crippen LogP contribution < -0.4 is 16.4 Å². The van der Waals surface area contributed by atoms with Gasteiger partial charge in [0.2, 0.25) is 0 Å². The molecule has 7 nitrogen and oxygen atoms in total. The van der Waals surface area contributed by atoms with Gasteiger partial charge in [0, 0.05) is 23.7 Å². The maximum Gasteiger partial charge on any atom is 0.271 e. The fraction of sp³-hybridized carbons (Fsp3) is 0.263. The number of amides is 1. The Labute approximate surface area is 149 Å². The minimum absolute atomic E-state index is 0.124. The summed E-state index contributed by atoms with van der Waals surface area (Å²) in [5.41, 5.74) is 2.19. The van der Waals surface area contributed by atoms with Crippen LogP contribution in [0.2, 0.25) is 0 Å². The van der Waals surface area contributed by atoms with Crippen LogP contribution >= 0.6 is 0 Å². The molecule has 1 aromatic carbocycles. The Morgan fingerprint density at radius 1 is 1.15 bits per heavy atom. The molecule has 0 atom stereocenters. The van der Waals surface area contributed by atoms with Crippen LogP contribution in [0.15, 0.2) is 46.0 Å². The summed E-state index contributed by atoms with van der Waals surface area (Å²) < 4.78 is 0. The van der Waals surface area contributed by atoms with Crippen LogP contribution in [0.5, 0.6) is 0 Å². The van der Waals surface area contributed by atoms with E-state index in [9.17, 15) is 14.4 Å². The maximum atomic E-state index is 12.2. The summed E-state index contributed by atoms with van der Waals surface area (Å²) in [6, 6.07) is 10.5. The van der Waals surface area contributed by atoms with Gasteiger partial charge in [0.05, 0.1) is 0 Å². The predicted molar refractivity (Wildman–Crippen MR) is 99.6 cm³/mol. The Hall–Kier alpha value is -3.22. The number of hydrogen-bond acceptors (Lipinski definition) is 4. The third-order valence-corrected chi connectivity index (χ3v) is 4.20. The van der Waals surface area contributed by atoms with Crippen LogP contribution in [-0.2, 0) is 6.42 Å². The molecular formula is C19H20N4O3. The number of pyridine rings is 1. The number of benzene rings is 1. The summed E-state index contributed by atoms with van der Waals surface area (Å²) in [6.07, 6.45) is 0.395. The molecule has 134 valence electrons. The van der Waals surface area contributed by atoms with Crippen molar-refractivity contribution in [1.29, 1.82) is 0 Å². The summed E-state index contributed by atoms with van der Waals surface area (Å²) in [7, 11) is 0. The predicted octanol–water partition coefficient (Wildman–Crippen LogP) is 1.71. The van der Waals surface area contributed by atoms with Crippen LogP contribution in [0.4, 0.5) is 0 Å². The van der Waals surface area contributed by atoms with Crippen LogP contribution in [0, 0.1) is 0 Å². The topological polar surface area (TPSA) is 108 Å². The average Bonchev–Trinajstić information content (AvgIpc) is 2.62. The molecule has 0 fully saturated rings. The molecule has 0 saturated heterocycles. The van der Waals surface area contributed by atoms with Crippen LogP contribution in [0.1, 0.15) is 41.4 Å². The Balaban J connectivity index is 1.72. The zero-order valence-corrected chi connectivity index (χ0v) is 14.6. The lowest BCUT2D eigenvalue weighted by Crippen LogP contribution is -2.29. The van der Waals surface area contributed by atoms with E-state index in [1.54, 1.807) is 0 Å². The van der Waals surface area contributed by atoms with Gasteiger partial charge in [-0.05, 0) is 47.6 Å². The molecule has 0 aliphatic carbocycles. The first-order valence-electron chi connectivity index (χ1n) is 8.44. The molecule has 0 spiro atoms. The lowest BCUT2D eigenvalue weighted by Gasteiger charge is -2.09. The monoisotopic (exact) mass is 352 g/mol. The number of nitrogens with zero attached hydrogens (tertiary/aromatic N) is 1. The van der Waals surface area contributed by atoms with Gasteiger partial charge in [-0.25, -0.2) is 5.10 Å². The van der Waals surface area contributed by atoms with Crippen molar-refractivity contribution in [3.63, 3.8) is 0 Å². The SMILES string of the molecule is CC(C)c1ccc2[nH]c(=O)c(CCNC(=O)c3ccc(=O)[nH]n3)cc2c1. The summed E-state index contributed by atoms with van der Waals surface area (Å²) in [5.74, 6) is -0.000517. The number of carbonyl (C=O) groups excluding carboxylic acids is 1. The fourth-order valence-electron chi connectivity index (χ4n) is 2.69. The molecule has 7 heteroatoms. The molecule has 26 heavy (non-hydrogen) atoms. The van der Waals surface area contributed by atoms with Crippen molar-refractivity contribution in [2.24, 2.45) is 0 Å². The zero-order valence-electron chi connectivity index (χ0n) is 14.6. The second-order valence-electron chi connectivity index (χ2n) is 6.44. The minimum atomic E-state index is -0.402. The number of hydrogen-bond donors (Lipinski definition) is 3. The van der Waals surface area contributed by atoms with E-state index >= 15 is 0 Å². The average molecular weight is 352 g/mol. The number of carbonyl (C=O) groups is 1. The molecule has 0 saturated carbocycles. The number of aromatic amines is 2. The van der Waals surface area contributed by atoms with Gasteiger partial charge in [-0.15, -0.1) is 0 Å². The van der Waals surface area contributed by atoms with Gasteiger partial charge in [-0.3, -0.25) is 14.4 Å². The van der Waals surface area contributed by atoms with E-state index in [1.165, 1.54) is 17.7 Å². The summed E-state index contributed by atoms with van der Waals surface area (Å²) in [5, 5.41) is 9.55. The number of fused-ring (bicyclic) bond motifs is 1. The molecule has 2 aromatic heterocycles. The highest BCUT2D eigenvalue weighted by Gasteiger charge is 2.09. The highest BCUT2D eigenvalue weighted by atomic mass is 16.2. The lowest BCUT2D eigenvalue weighted by atomic mass is 10.0. The molecule has 3 rings (SSSR count). The van der Waals surface area contributed by atoms with E-state index in [1.807, 2.05) is 18.2 Å². The Bertz CT molecular complexity index is 1050. The van der Waals surface area contributed by atoms with Crippen molar-refractivity contribution in [2.45, 2.75) is 26.2 Å². The third kappa shape index (κ3) is 3.88. The van der Waals surface area contributed by atoms with Crippen LogP contribution in [0.25, 0.3) is 10.9 Å². The van der Waals surface area contributed by atoms with Gasteiger partial charge in [0.1, 0.15) is 5.69 Å². The van der Waals surface area contributed by atoms with Gasteiger partial charge in [-0.1, -0.05) is 19.9 Å². The molecule has 0 bridgehead atoms. The van der Waals surface area contributed by atoms with Gasteiger partial charge in [0.25, 0.3) is 17.0 Å². The lowest BCUT2D eigenvalue weighted by molar-refractivity contribution is 0.0948. The molecule has 0 unspecified atom stereocenters. The Morgan fingerprint density at radius 3 is 2.65 bits per heavy atom. The van der Waals surface area contributed by atoms with Crippen LogP contribution in [0.3, 0.4) is 0 Å². The molecule has 3 aromatic rings. The van der Waals surface area contributed by atoms with Gasteiger partial charge < -0.3 is 10.3 Å². The molecule has 0 radical (unpaired) electrons. The molecule has 2 heterocycles. The first kappa shape index (κ1) is 17.6. The maximum absolute atomic E-state index is 12.2. The zero-order chi connectivity index (χ0) is 18.7. The molecule has 1 amide bonds. The summed E-state index contributed by atoms with van der Waals surface area (Å²) in [4.78, 5) is 38.0. The van der Waals surface area contributed by atoms with Crippen molar-refractivity contribution >= 4 is 16.8 Å². The highest BCUT2D eigenvalue weighted by molar-refractivity contribution is 5.91. The highest BCUT2D eigenvalue weighted by Crippen LogP contribution is 2.20. The van der Waals surface area contributed by atoms with E-state index in [0.29, 0.717) is 17.9 Å². The van der Waals surface area contributed by atoms with Crippen molar-refractivity contribution < 1.29 is 4.79 Å². The second kappa shape index (κ2) is 7.35. The Morgan fingerprint density at radius 2 is 1.96 bits per heavy atom. The van der Waals surface area contributed by atoms with Gasteiger partial charge in [0.15, 0.2) is 0 Å². The number of rotatable bonds is 5. The van der Waals surface area contributed by atoms with Gasteiger partial charge in [-0.2, -0.15) is 5.10 Å². The smallest absolute Gasteiger partial charge is 0.271 e. The number of H-pyrrole nitrogens is 2. The van der Waals surface area contributed by atoms with Crippen molar-refractivity contribution in [2.75, 3.05) is 6.54 Å². The second-order valence-corrected chi connectivity index (χ2v) is 6.44. The van der Waals surface area contributed by atoms with E-state index < -0.39 is 5.91 Å². The number of nitrogens with one attached hydrogen (secondary N) is 3. The largest absolute Gasteiger partial charge is 0.350 e. The number of aromatic nitrogens is 3. The normalized spacial score (nSPS) is 11.0. The van der Waals surface area contributed by atoms with E-state index in [4.69, 9.17) is 0 Å². The molecule has 0 aliphatic heterocycles. The molecule has 0 aliphatic rings. The minimum Gasteiger partial charge on any atom is -0.350 e. The Kier molecular flexibility index (Phi) is 4.97. The standard InChI is InChI=1S/C19H20N4O3/c1-11(2)12-3-4-15-14(9-12)10-13(18(25)21-15)7-8-20-19(26)16-5-6-17(24)23-22-16/h3-6,9-11H,7-8H2,1-2H3,(H,20,26)(H,21,25)(H,23,24). The molecular weight excluding hydrogens is 332 g/mol. The third-order valence-electron chi connectivity index (χ3n) is 4.20. The van der Waals surface area contributed by atoms with E-state index in [0.717, 1.165) is 10.9 Å². The first-order valence-corrected chi connectivity index (χ1v) is 8.44. The summed E-state index contributed by atoms with van der Waals surface area (Å²) in [6.45, 7) is 4.53. The van der Waals surface area contributed by atoms with Crippen molar-refractivity contribution in [3.05, 3.63) is 73.9 Å². The summed E-state index contributed by atoms with van der Waals surface area (Å²) >= 11 is 0. The van der Waals surface area contributed by atoms with Crippen molar-refractivity contribution in [3.8, 4) is 0 Å².